The van der Waals surface area contributed by atoms with Crippen molar-refractivity contribution in [3.8, 4) is 11.8 Å². The third-order valence-corrected chi connectivity index (χ3v) is 6.76. The number of aromatic nitrogens is 2. The summed E-state index contributed by atoms with van der Waals surface area (Å²) in [6, 6.07) is 7.98. The van der Waals surface area contributed by atoms with Crippen molar-refractivity contribution in [1.82, 2.24) is 15.5 Å². The number of hydrogen-bond donors (Lipinski definition) is 2. The van der Waals surface area contributed by atoms with E-state index >= 15 is 0 Å². The number of carbonyl (C=O) groups excluding carboxylic acids is 1. The molecule has 3 N–H and O–H groups in total. The van der Waals surface area contributed by atoms with Gasteiger partial charge >= 0.3 is 0 Å². The highest BCUT2D eigenvalue weighted by Gasteiger charge is 2.48. The lowest BCUT2D eigenvalue weighted by molar-refractivity contribution is -0.119. The van der Waals surface area contributed by atoms with Gasteiger partial charge in [-0.3, -0.25) is 4.79 Å². The number of nitrogens with two attached hydrogens (primary N) is 1. The maximum Gasteiger partial charge on any atom is 0.246 e. The van der Waals surface area contributed by atoms with Crippen LogP contribution in [0.3, 0.4) is 0 Å². The van der Waals surface area contributed by atoms with Gasteiger partial charge in [0.15, 0.2) is 5.69 Å². The average molecular weight is 512 g/mol. The second-order valence-electron chi connectivity index (χ2n) is 9.43. The molecule has 1 aliphatic rings. The fraction of sp³-hybridized carbons (Fsp3) is 0.593. The summed E-state index contributed by atoms with van der Waals surface area (Å²) in [5.41, 5.74) is 9.71. The van der Waals surface area contributed by atoms with Crippen LogP contribution in [0.2, 0.25) is 0 Å². The molecule has 2 aromatic rings. The van der Waals surface area contributed by atoms with Gasteiger partial charge in [-0.2, -0.15) is 15.5 Å². The zero-order valence-corrected chi connectivity index (χ0v) is 22.4. The lowest BCUT2D eigenvalue weighted by Crippen LogP contribution is -2.49. The Hall–Kier alpha value is -3.43. The van der Waals surface area contributed by atoms with Crippen molar-refractivity contribution in [1.29, 1.82) is 0 Å². The van der Waals surface area contributed by atoms with E-state index in [0.29, 0.717) is 5.69 Å². The van der Waals surface area contributed by atoms with E-state index in [9.17, 15) is 4.79 Å². The molecule has 202 valence electrons. The Morgan fingerprint density at radius 1 is 0.946 bits per heavy atom. The number of aryl methyl sites for hydroxylation is 1. The van der Waals surface area contributed by atoms with Gasteiger partial charge in [0, 0.05) is 5.56 Å². The first-order chi connectivity index (χ1) is 18.1. The molecule has 37 heavy (non-hydrogen) atoms. The number of unbranched alkanes of at least 4 members (excludes halogenated alkanes) is 9. The van der Waals surface area contributed by atoms with Crippen molar-refractivity contribution >= 4 is 11.6 Å². The van der Waals surface area contributed by atoms with Crippen LogP contribution in [0.5, 0.6) is 11.8 Å². The fourth-order valence-corrected chi connectivity index (χ4v) is 4.91. The maximum absolute atomic E-state index is 12.3. The van der Waals surface area contributed by atoms with Crippen molar-refractivity contribution in [3.63, 3.8) is 0 Å². The van der Waals surface area contributed by atoms with Crippen LogP contribution in [0.15, 0.2) is 40.9 Å². The molecule has 2 heterocycles. The molecule has 1 aromatic carbocycles. The normalized spacial score (nSPS) is 16.6. The van der Waals surface area contributed by atoms with Gasteiger partial charge in [0.2, 0.25) is 23.3 Å². The minimum Gasteiger partial charge on any atom is -0.479 e. The minimum absolute atomic E-state index is 0.111. The number of methoxy groups -OCH3 is 2. The van der Waals surface area contributed by atoms with E-state index in [4.69, 9.17) is 15.2 Å². The van der Waals surface area contributed by atoms with Gasteiger partial charge in [0.05, 0.1) is 20.6 Å². The molecule has 1 atom stereocenters. The van der Waals surface area contributed by atoms with Crippen LogP contribution in [0.1, 0.15) is 88.7 Å². The van der Waals surface area contributed by atoms with Crippen molar-refractivity contribution in [2.75, 3.05) is 19.2 Å². The van der Waals surface area contributed by atoms with Gasteiger partial charge in [0.1, 0.15) is 6.33 Å². The van der Waals surface area contributed by atoms with Crippen LogP contribution in [0.25, 0.3) is 0 Å². The van der Waals surface area contributed by atoms with Gasteiger partial charge in [-0.1, -0.05) is 94.2 Å². The zero-order valence-electron chi connectivity index (χ0n) is 22.4. The Labute approximate surface area is 220 Å². The summed E-state index contributed by atoms with van der Waals surface area (Å²) in [5.74, 6) is -0.00323. The molecule has 10 nitrogen and oxygen atoms in total. The second-order valence-corrected chi connectivity index (χ2v) is 9.43. The monoisotopic (exact) mass is 511 g/mol. The lowest BCUT2D eigenvalue weighted by atomic mass is 9.88. The van der Waals surface area contributed by atoms with Gasteiger partial charge < -0.3 is 15.2 Å². The molecule has 3 rings (SSSR count). The van der Waals surface area contributed by atoms with Gasteiger partial charge in [-0.05, 0) is 18.4 Å². The lowest BCUT2D eigenvalue weighted by Gasteiger charge is -2.36. The molecular weight excluding hydrogens is 470 g/mol. The topological polar surface area (TPSA) is 127 Å². The van der Waals surface area contributed by atoms with Crippen LogP contribution < -0.4 is 25.8 Å². The van der Waals surface area contributed by atoms with E-state index in [1.54, 1.807) is 5.01 Å². The Morgan fingerprint density at radius 2 is 1.54 bits per heavy atom. The van der Waals surface area contributed by atoms with Crippen LogP contribution in [0, 0.1) is 0 Å². The number of benzene rings is 1. The number of nitrogens with one attached hydrogen (secondary N) is 1. The minimum atomic E-state index is -1.24. The van der Waals surface area contributed by atoms with E-state index < -0.39 is 11.6 Å². The van der Waals surface area contributed by atoms with Crippen molar-refractivity contribution in [2.24, 2.45) is 16.1 Å². The fourth-order valence-electron chi connectivity index (χ4n) is 4.91. The summed E-state index contributed by atoms with van der Waals surface area (Å²) in [6.45, 7) is 2.25. The summed E-state index contributed by atoms with van der Waals surface area (Å²) in [6.07, 6.45) is 14.8. The molecule has 0 radical (unpaired) electrons. The molecule has 1 amide bonds. The SMILES string of the molecule is CCCCCCCCCCCCc1ccccc1C1(CC(N)=O)N=NNN1c1c(OC)ncnc1OC. The molecule has 1 aromatic heterocycles. The van der Waals surface area contributed by atoms with Crippen molar-refractivity contribution in [2.45, 2.75) is 89.6 Å². The van der Waals surface area contributed by atoms with Crippen LogP contribution in [-0.2, 0) is 16.9 Å². The average Bonchev–Trinajstić information content (AvgIpc) is 3.32. The third-order valence-electron chi connectivity index (χ3n) is 6.76. The molecule has 0 fully saturated rings. The van der Waals surface area contributed by atoms with E-state index in [1.165, 1.54) is 71.9 Å². The first kappa shape index (κ1) is 28.1. The van der Waals surface area contributed by atoms with E-state index in [0.717, 1.165) is 30.4 Å². The second kappa shape index (κ2) is 14.3. The van der Waals surface area contributed by atoms with Crippen LogP contribution in [0.4, 0.5) is 5.69 Å². The summed E-state index contributed by atoms with van der Waals surface area (Å²) in [4.78, 5) is 20.8. The predicted molar refractivity (Wildman–Crippen MR) is 143 cm³/mol. The largest absolute Gasteiger partial charge is 0.479 e. The van der Waals surface area contributed by atoms with Crippen molar-refractivity contribution in [3.05, 3.63) is 41.7 Å². The van der Waals surface area contributed by atoms with E-state index in [2.05, 4.69) is 38.8 Å². The number of nitrogens with zero attached hydrogens (tertiary/aromatic N) is 5. The van der Waals surface area contributed by atoms with Gasteiger partial charge in [-0.25, -0.2) is 5.01 Å². The zero-order chi connectivity index (χ0) is 26.5. The number of rotatable bonds is 17. The summed E-state index contributed by atoms with van der Waals surface area (Å²) < 4.78 is 11.0. The summed E-state index contributed by atoms with van der Waals surface area (Å²) in [5, 5.41) is 10.2. The van der Waals surface area contributed by atoms with Crippen LogP contribution in [-0.4, -0.2) is 30.1 Å². The Bertz CT molecular complexity index is 1010. The van der Waals surface area contributed by atoms with Crippen LogP contribution >= 0.6 is 0 Å². The highest BCUT2D eigenvalue weighted by molar-refractivity contribution is 5.77. The molecular formula is C27H41N7O3. The summed E-state index contributed by atoms with van der Waals surface area (Å²) >= 11 is 0. The van der Waals surface area contributed by atoms with E-state index in [1.807, 2.05) is 18.2 Å². The number of hydrazine groups is 1. The number of primary amides is 1. The van der Waals surface area contributed by atoms with Gasteiger partial charge in [-0.15, -0.1) is 5.11 Å². The number of ether oxygens (including phenoxy) is 2. The number of hydrogen-bond acceptors (Lipinski definition) is 9. The predicted octanol–water partition coefficient (Wildman–Crippen LogP) is 5.38. The Balaban J connectivity index is 1.78. The molecule has 0 spiro atoms. The Morgan fingerprint density at radius 3 is 2.14 bits per heavy atom. The molecule has 10 heteroatoms. The van der Waals surface area contributed by atoms with Gasteiger partial charge in [0.25, 0.3) is 0 Å². The smallest absolute Gasteiger partial charge is 0.246 e. The molecule has 0 saturated heterocycles. The highest BCUT2D eigenvalue weighted by atomic mass is 16.5. The number of amides is 1. The summed E-state index contributed by atoms with van der Waals surface area (Å²) in [7, 11) is 3.01. The Kier molecular flexibility index (Phi) is 10.9. The molecule has 0 aliphatic carbocycles. The standard InChI is InChI=1S/C27H41N7O3/c1-4-5-6-7-8-9-10-11-12-13-16-21-17-14-15-18-22(21)27(19-23(28)35)31-32-33-34(27)24-25(36-2)29-20-30-26(24)37-3/h14-15,17-18,20H,4-13,16,19H2,1-3H3,(H2,28,35)(H,31,33). The quantitative estimate of drug-likeness (QED) is 0.273. The van der Waals surface area contributed by atoms with E-state index in [-0.39, 0.29) is 18.2 Å². The molecule has 0 bridgehead atoms. The molecule has 1 aliphatic heterocycles. The molecule has 0 saturated carbocycles. The first-order valence-corrected chi connectivity index (χ1v) is 13.3. The third kappa shape index (κ3) is 7.08. The van der Waals surface area contributed by atoms with Crippen molar-refractivity contribution < 1.29 is 14.3 Å². The number of carbonyl (C=O) groups is 1. The molecule has 1 unspecified atom stereocenters. The maximum atomic E-state index is 12.3. The number of anilines is 1. The first-order valence-electron chi connectivity index (χ1n) is 13.3. The highest BCUT2D eigenvalue weighted by Crippen LogP contribution is 2.46.